The molecule has 1 aromatic heterocycles. The van der Waals surface area contributed by atoms with Crippen molar-refractivity contribution in [3.8, 4) is 0 Å². The van der Waals surface area contributed by atoms with Crippen LogP contribution in [-0.4, -0.2) is 16.6 Å². The van der Waals surface area contributed by atoms with Crippen molar-refractivity contribution in [2.75, 3.05) is 11.9 Å². The van der Waals surface area contributed by atoms with Crippen molar-refractivity contribution >= 4 is 73.7 Å². The van der Waals surface area contributed by atoms with E-state index in [2.05, 4.69) is 58.9 Å². The molecular weight excluding hydrogens is 423 g/mol. The van der Waals surface area contributed by atoms with Crippen LogP contribution in [0.5, 0.6) is 0 Å². The van der Waals surface area contributed by atoms with Crippen molar-refractivity contribution < 1.29 is 0 Å². The third-order valence-corrected chi connectivity index (χ3v) is 5.73. The molecule has 4 nitrogen and oxygen atoms in total. The van der Waals surface area contributed by atoms with Crippen LogP contribution in [0.25, 0.3) is 21.8 Å². The maximum absolute atomic E-state index is 6.29. The molecule has 148 valence electrons. The van der Waals surface area contributed by atoms with E-state index in [0.717, 1.165) is 45.2 Å². The first kappa shape index (κ1) is 19.8. The molecule has 5 N–H and O–H groups in total. The lowest BCUT2D eigenvalue weighted by Crippen LogP contribution is -2.30. The van der Waals surface area contributed by atoms with E-state index in [9.17, 15) is 0 Å². The fraction of sp³-hybridized carbons (Fsp3) is 0.136. The molecule has 1 heterocycles. The highest BCUT2D eigenvalue weighted by atomic mass is 35.5. The molecule has 0 aliphatic rings. The molecule has 7 heteroatoms. The maximum atomic E-state index is 6.29. The predicted molar refractivity (Wildman–Crippen MR) is 129 cm³/mol. The quantitative estimate of drug-likeness (QED) is 0.283. The van der Waals surface area contributed by atoms with E-state index in [1.807, 2.05) is 12.1 Å². The van der Waals surface area contributed by atoms with Crippen molar-refractivity contribution in [2.45, 2.75) is 13.3 Å². The summed E-state index contributed by atoms with van der Waals surface area (Å²) in [4.78, 5) is 3.49. The van der Waals surface area contributed by atoms with Crippen LogP contribution in [0.2, 0.25) is 10.0 Å². The van der Waals surface area contributed by atoms with Crippen molar-refractivity contribution in [1.29, 1.82) is 0 Å². The first-order chi connectivity index (χ1) is 13.9. The fourth-order valence-corrected chi connectivity index (χ4v) is 3.89. The Morgan fingerprint density at radius 3 is 2.45 bits per heavy atom. The molecule has 0 fully saturated rings. The molecule has 0 spiro atoms. The third kappa shape index (κ3) is 4.27. The van der Waals surface area contributed by atoms with Gasteiger partial charge in [0.25, 0.3) is 0 Å². The topological polar surface area (TPSA) is 65.9 Å². The van der Waals surface area contributed by atoms with Crippen LogP contribution in [0.4, 0.5) is 11.4 Å². The summed E-state index contributed by atoms with van der Waals surface area (Å²) in [6.45, 7) is 2.72. The van der Waals surface area contributed by atoms with Gasteiger partial charge in [0, 0.05) is 39.7 Å². The Morgan fingerprint density at radius 1 is 1.00 bits per heavy atom. The van der Waals surface area contributed by atoms with E-state index in [0.29, 0.717) is 21.7 Å². The van der Waals surface area contributed by atoms with Gasteiger partial charge in [0.2, 0.25) is 0 Å². The van der Waals surface area contributed by atoms with Crippen LogP contribution in [-0.2, 0) is 6.42 Å². The number of aromatic nitrogens is 1. The monoisotopic (exact) mass is 442 g/mol. The van der Waals surface area contributed by atoms with Crippen molar-refractivity contribution in [1.82, 2.24) is 10.3 Å². The van der Waals surface area contributed by atoms with Crippen LogP contribution in [0, 0.1) is 6.92 Å². The number of benzene rings is 3. The average Bonchev–Trinajstić information content (AvgIpc) is 3.01. The van der Waals surface area contributed by atoms with E-state index in [-0.39, 0.29) is 0 Å². The van der Waals surface area contributed by atoms with Crippen LogP contribution in [0.15, 0.2) is 48.5 Å². The maximum Gasteiger partial charge on any atom is 0.163 e. The second-order valence-electron chi connectivity index (χ2n) is 7.03. The highest BCUT2D eigenvalue weighted by Gasteiger charge is 2.13. The smallest absolute Gasteiger partial charge is 0.163 e. The fourth-order valence-electron chi connectivity index (χ4n) is 3.46. The van der Waals surface area contributed by atoms with Gasteiger partial charge in [0.05, 0.1) is 10.0 Å². The second kappa shape index (κ2) is 8.11. The number of halogens is 2. The van der Waals surface area contributed by atoms with Crippen LogP contribution in [0.3, 0.4) is 0 Å². The summed E-state index contributed by atoms with van der Waals surface area (Å²) < 4.78 is 0. The van der Waals surface area contributed by atoms with Gasteiger partial charge in [0.15, 0.2) is 5.11 Å². The van der Waals surface area contributed by atoms with Gasteiger partial charge in [-0.05, 0) is 67.5 Å². The zero-order valence-corrected chi connectivity index (χ0v) is 18.1. The zero-order chi connectivity index (χ0) is 20.5. The molecule has 0 aliphatic heterocycles. The summed E-state index contributed by atoms with van der Waals surface area (Å²) in [6.07, 6.45) is 0.756. The van der Waals surface area contributed by atoms with Crippen LogP contribution < -0.4 is 16.4 Å². The molecule has 4 aromatic rings. The molecule has 3 aromatic carbocycles. The average molecular weight is 443 g/mol. The molecule has 29 heavy (non-hydrogen) atoms. The minimum Gasteiger partial charge on any atom is -0.376 e. The van der Waals surface area contributed by atoms with E-state index in [4.69, 9.17) is 41.2 Å². The summed E-state index contributed by atoms with van der Waals surface area (Å²) in [7, 11) is 0. The summed E-state index contributed by atoms with van der Waals surface area (Å²) >= 11 is 17.4. The van der Waals surface area contributed by atoms with Crippen LogP contribution in [0.1, 0.15) is 11.1 Å². The molecule has 0 unspecified atom stereocenters. The van der Waals surface area contributed by atoms with Gasteiger partial charge in [-0.1, -0.05) is 40.9 Å². The summed E-state index contributed by atoms with van der Waals surface area (Å²) in [6, 6.07) is 16.3. The molecule has 0 aliphatic carbocycles. The number of hydrogen-bond donors (Lipinski definition) is 4. The Kier molecular flexibility index (Phi) is 5.54. The molecule has 0 saturated carbocycles. The Hall–Kier alpha value is -2.47. The first-order valence-electron chi connectivity index (χ1n) is 9.21. The van der Waals surface area contributed by atoms with E-state index < -0.39 is 0 Å². The summed E-state index contributed by atoms with van der Waals surface area (Å²) in [5.41, 5.74) is 12.0. The number of aromatic amines is 1. The van der Waals surface area contributed by atoms with Crippen molar-refractivity contribution in [2.24, 2.45) is 5.73 Å². The largest absolute Gasteiger partial charge is 0.376 e. The minimum atomic E-state index is 0.297. The molecule has 4 rings (SSSR count). The number of fused-ring (bicyclic) bond motifs is 3. The predicted octanol–water partition coefficient (Wildman–Crippen LogP) is 6.06. The summed E-state index contributed by atoms with van der Waals surface area (Å²) in [5, 5.41) is 10.00. The number of nitrogens with one attached hydrogen (secondary N) is 3. The van der Waals surface area contributed by atoms with Crippen molar-refractivity contribution in [3.63, 3.8) is 0 Å². The molecule has 0 bridgehead atoms. The zero-order valence-electron chi connectivity index (χ0n) is 15.8. The Labute approximate surface area is 184 Å². The Bertz CT molecular complexity index is 1220. The molecule has 0 amide bonds. The highest BCUT2D eigenvalue weighted by Crippen LogP contribution is 2.36. The standard InChI is InChI=1S/C22H20Cl2N4S/c1-12-2-4-14(5-3-12)27-15-8-13(6-7-26-22(25)29)21-17(9-15)16-10-18(23)19(24)11-20(16)28-21/h2-5,8-11,27-28H,6-7H2,1H3,(H3,25,26,29). The molecule has 0 radical (unpaired) electrons. The van der Waals surface area contributed by atoms with Gasteiger partial charge in [-0.15, -0.1) is 0 Å². The van der Waals surface area contributed by atoms with Gasteiger partial charge < -0.3 is 21.4 Å². The molecule has 0 saturated heterocycles. The van der Waals surface area contributed by atoms with E-state index in [1.165, 1.54) is 5.56 Å². The van der Waals surface area contributed by atoms with Gasteiger partial charge in [-0.3, -0.25) is 0 Å². The number of nitrogens with two attached hydrogens (primary N) is 1. The van der Waals surface area contributed by atoms with Gasteiger partial charge in [0.1, 0.15) is 0 Å². The molecular formula is C22H20Cl2N4S. The van der Waals surface area contributed by atoms with Gasteiger partial charge >= 0.3 is 0 Å². The summed E-state index contributed by atoms with van der Waals surface area (Å²) in [5.74, 6) is 0. The van der Waals surface area contributed by atoms with E-state index in [1.54, 1.807) is 0 Å². The normalized spacial score (nSPS) is 11.1. The van der Waals surface area contributed by atoms with Crippen LogP contribution >= 0.6 is 35.4 Å². The lowest BCUT2D eigenvalue weighted by molar-refractivity contribution is 0.873. The SMILES string of the molecule is Cc1ccc(Nc2cc(CCNC(N)=S)c3[nH]c4cc(Cl)c(Cl)cc4c3c2)cc1. The minimum absolute atomic E-state index is 0.297. The number of rotatable bonds is 5. The highest BCUT2D eigenvalue weighted by molar-refractivity contribution is 7.80. The number of aryl methyl sites for hydroxylation is 1. The lowest BCUT2D eigenvalue weighted by Gasteiger charge is -2.11. The Morgan fingerprint density at radius 2 is 1.72 bits per heavy atom. The number of hydrogen-bond acceptors (Lipinski definition) is 2. The van der Waals surface area contributed by atoms with Gasteiger partial charge in [-0.25, -0.2) is 0 Å². The third-order valence-electron chi connectivity index (χ3n) is 4.86. The number of anilines is 2. The Balaban J connectivity index is 1.82. The lowest BCUT2D eigenvalue weighted by atomic mass is 10.0. The number of thiocarbonyl (C=S) groups is 1. The van der Waals surface area contributed by atoms with Gasteiger partial charge in [-0.2, -0.15) is 0 Å². The molecule has 0 atom stereocenters. The first-order valence-corrected chi connectivity index (χ1v) is 10.4. The van der Waals surface area contributed by atoms with E-state index >= 15 is 0 Å². The second-order valence-corrected chi connectivity index (χ2v) is 8.28. The van der Waals surface area contributed by atoms with Crippen molar-refractivity contribution in [3.05, 3.63) is 69.7 Å². The number of H-pyrrole nitrogens is 1.